The molecule has 30 heteroatoms. The lowest BCUT2D eigenvalue weighted by Gasteiger charge is -2.33. The predicted octanol–water partition coefficient (Wildman–Crippen LogP) is -2.21. The number of carbonyl (C=O) groups is 12. The Kier molecular flexibility index (Phi) is 25.8. The second-order valence-electron chi connectivity index (χ2n) is 24.4. The molecule has 3 heterocycles. The van der Waals surface area contributed by atoms with E-state index < -0.39 is 157 Å². The van der Waals surface area contributed by atoms with Crippen molar-refractivity contribution in [2.24, 2.45) is 28.1 Å². The van der Waals surface area contributed by atoms with Crippen LogP contribution in [0.5, 0.6) is 0 Å². The van der Waals surface area contributed by atoms with Gasteiger partial charge in [0.15, 0.2) is 11.6 Å². The molecule has 0 unspecified atom stereocenters. The summed E-state index contributed by atoms with van der Waals surface area (Å²) >= 11 is 0. The van der Waals surface area contributed by atoms with Gasteiger partial charge < -0.3 is 85.5 Å². The van der Waals surface area contributed by atoms with Crippen LogP contribution in [0.1, 0.15) is 82.9 Å². The summed E-state index contributed by atoms with van der Waals surface area (Å²) in [4.78, 5) is 181. The Hall–Kier alpha value is -10.6. The minimum Gasteiger partial charge on any atom is -0.480 e. The van der Waals surface area contributed by atoms with Gasteiger partial charge in [-0.3, -0.25) is 67.5 Å². The number of aliphatic hydroxyl groups is 1. The fourth-order valence-corrected chi connectivity index (χ4v) is 11.3. The molecule has 1 aromatic heterocycles. The molecule has 512 valence electrons. The Bertz CT molecular complexity index is 3720. The zero-order valence-corrected chi connectivity index (χ0v) is 53.7. The van der Waals surface area contributed by atoms with E-state index in [1.54, 1.807) is 50.2 Å². The number of carbonyl (C=O) groups excluding carboxylic acids is 11. The zero-order valence-electron chi connectivity index (χ0n) is 53.7. The molecule has 5 aromatic rings. The van der Waals surface area contributed by atoms with Crippen molar-refractivity contribution in [1.82, 2.24) is 63.1 Å². The number of rotatable bonds is 20. The number of carboxylic acid groups (broad SMARTS) is 1. The number of guanidine groups is 1. The summed E-state index contributed by atoms with van der Waals surface area (Å²) in [6, 6.07) is 13.9. The Morgan fingerprint density at radius 1 is 0.729 bits per heavy atom. The van der Waals surface area contributed by atoms with Gasteiger partial charge in [0.1, 0.15) is 54.4 Å². The van der Waals surface area contributed by atoms with Crippen molar-refractivity contribution in [3.63, 3.8) is 0 Å². The third-order valence-corrected chi connectivity index (χ3v) is 16.2. The van der Waals surface area contributed by atoms with Crippen LogP contribution in [0.25, 0.3) is 21.5 Å². The molecule has 2 aliphatic rings. The van der Waals surface area contributed by atoms with Gasteiger partial charge in [0.05, 0.1) is 13.0 Å². The normalized spacial score (nSPS) is 22.6. The number of benzene rings is 4. The van der Waals surface area contributed by atoms with Crippen LogP contribution in [0.3, 0.4) is 0 Å². The first-order valence-corrected chi connectivity index (χ1v) is 31.5. The molecular formula is C66H84N16O14. The van der Waals surface area contributed by atoms with Crippen LogP contribution in [0.15, 0.2) is 114 Å². The summed E-state index contributed by atoms with van der Waals surface area (Å²) in [5.74, 6) is -13.2. The van der Waals surface area contributed by atoms with Gasteiger partial charge in [-0.25, -0.2) is 0 Å². The van der Waals surface area contributed by atoms with Crippen molar-refractivity contribution in [1.29, 1.82) is 0 Å². The van der Waals surface area contributed by atoms with E-state index in [1.807, 2.05) is 48.5 Å². The standard InChI is InChI=1S/C66H84N16O14/c1-36(2)26-47-56(87)79-51(62(93)82-25-11-18-53(82)61(92)73-37(3)63(94)95)34-72-54(85)31-50(78-57(88)48(74-38(4)84)29-39-19-21-42-13-5-7-15-44(42)27-39)60(91)81-66(69,32-41-12-9-23-70-33-41)64(96)80-52(35-83)59(90)75-46(17-10-24-71-65(67)68)55(86)77-49(58(89)76-47)30-40-20-22-43-14-6-8-16-45(43)28-40/h5-9,12-16,19-23,27-28,33,36-37,46-53,83H,10-11,17-18,24-26,29-32,34-35,69H2,1-4H3,(H,72,85)(H,73,92)(H,74,84)(H,75,90)(H,76,89)(H,77,86)(H,78,88)(H,79,87)(H,80,96)(H,81,91)(H,94,95)(H4,67,68,71)/t37-,46+,47+,48-,49-,50-,51+,52+,53+,66-/m1/s1. The molecule has 0 spiro atoms. The molecule has 96 heavy (non-hydrogen) atoms. The SMILES string of the molecule is CC(=O)N[C@H](Cc1ccc2ccccc2c1)C(=O)N[C@@H]1CC(=O)NC[C@@H](C(=O)N2CCC[C@H]2C(=O)N[C@H](C)C(=O)O)NC(=O)[C@H](CC(C)C)NC(=O)[C@@H](Cc2ccc3ccccc3c2)NC(=O)[C@H](CCCN=C(N)N)NC(=O)[C@H](CO)NC(=O)[C@@](N)(Cc2cccnc2)NC1=O. The van der Waals surface area contributed by atoms with Crippen LogP contribution >= 0.6 is 0 Å². The molecule has 4 aromatic carbocycles. The number of aliphatic imine (C=N–C) groups is 1. The number of hydrogen-bond acceptors (Lipinski definition) is 16. The third-order valence-electron chi connectivity index (χ3n) is 16.2. The van der Waals surface area contributed by atoms with Gasteiger partial charge in [-0.15, -0.1) is 0 Å². The van der Waals surface area contributed by atoms with Gasteiger partial charge >= 0.3 is 5.97 Å². The highest BCUT2D eigenvalue weighted by Gasteiger charge is 2.43. The van der Waals surface area contributed by atoms with E-state index in [0.717, 1.165) is 33.4 Å². The second-order valence-corrected chi connectivity index (χ2v) is 24.4. The second kappa shape index (κ2) is 34.0. The predicted molar refractivity (Wildman–Crippen MR) is 352 cm³/mol. The van der Waals surface area contributed by atoms with Gasteiger partial charge in [0.25, 0.3) is 5.91 Å². The van der Waals surface area contributed by atoms with E-state index in [1.165, 1.54) is 31.5 Å². The summed E-state index contributed by atoms with van der Waals surface area (Å²) in [6.45, 7) is 3.80. The molecule has 2 fully saturated rings. The molecule has 11 amide bonds. The first kappa shape index (κ1) is 72.8. The first-order valence-electron chi connectivity index (χ1n) is 31.5. The number of hydrogen-bond donors (Lipinski definition) is 15. The van der Waals surface area contributed by atoms with E-state index in [4.69, 9.17) is 17.2 Å². The lowest BCUT2D eigenvalue weighted by molar-refractivity contribution is -0.144. The Labute approximate surface area is 553 Å². The average molecular weight is 1330 g/mol. The van der Waals surface area contributed by atoms with Gasteiger partial charge in [0.2, 0.25) is 59.1 Å². The largest absolute Gasteiger partial charge is 0.480 e. The van der Waals surface area contributed by atoms with Crippen LogP contribution in [0.2, 0.25) is 0 Å². The van der Waals surface area contributed by atoms with Crippen molar-refractivity contribution in [3.05, 3.63) is 126 Å². The maximum Gasteiger partial charge on any atom is 0.325 e. The van der Waals surface area contributed by atoms with Crippen LogP contribution in [0.4, 0.5) is 0 Å². The molecule has 2 saturated heterocycles. The molecule has 0 aliphatic carbocycles. The zero-order chi connectivity index (χ0) is 69.8. The van der Waals surface area contributed by atoms with E-state index in [0.29, 0.717) is 11.1 Å². The van der Waals surface area contributed by atoms with Crippen LogP contribution in [0, 0.1) is 5.92 Å². The average Bonchev–Trinajstić information content (AvgIpc) is 1.00. The summed E-state index contributed by atoms with van der Waals surface area (Å²) < 4.78 is 0. The third kappa shape index (κ3) is 20.7. The van der Waals surface area contributed by atoms with E-state index in [-0.39, 0.29) is 75.5 Å². The molecule has 18 N–H and O–H groups in total. The van der Waals surface area contributed by atoms with Gasteiger partial charge in [-0.2, -0.15) is 0 Å². The summed E-state index contributed by atoms with van der Waals surface area (Å²) in [6.07, 6.45) is 0.744. The summed E-state index contributed by atoms with van der Waals surface area (Å²) in [5, 5.41) is 49.2. The number of pyridine rings is 1. The number of likely N-dealkylation sites (tertiary alicyclic amines) is 1. The summed E-state index contributed by atoms with van der Waals surface area (Å²) in [7, 11) is 0. The molecule has 7 rings (SSSR count). The highest BCUT2D eigenvalue weighted by atomic mass is 16.4. The molecule has 0 saturated carbocycles. The number of carboxylic acids is 1. The number of nitrogens with one attached hydrogen (secondary N) is 10. The lowest BCUT2D eigenvalue weighted by Crippen LogP contribution is -2.71. The summed E-state index contributed by atoms with van der Waals surface area (Å²) in [5.41, 5.74) is 16.8. The lowest BCUT2D eigenvalue weighted by atomic mass is 9.98. The number of fused-ring (bicyclic) bond motifs is 2. The van der Waals surface area contributed by atoms with Crippen molar-refractivity contribution in [3.8, 4) is 0 Å². The van der Waals surface area contributed by atoms with Crippen LogP contribution in [-0.4, -0.2) is 183 Å². The molecule has 0 bridgehead atoms. The smallest absolute Gasteiger partial charge is 0.325 e. The Balaban J connectivity index is 1.33. The molecule has 2 aliphatic heterocycles. The number of nitrogens with zero attached hydrogens (tertiary/aromatic N) is 3. The highest BCUT2D eigenvalue weighted by molar-refractivity contribution is 6.01. The fourth-order valence-electron chi connectivity index (χ4n) is 11.3. The van der Waals surface area contributed by atoms with E-state index in [2.05, 4.69) is 63.1 Å². The number of nitrogens with two attached hydrogens (primary N) is 3. The monoisotopic (exact) mass is 1320 g/mol. The van der Waals surface area contributed by atoms with Crippen molar-refractivity contribution < 1.29 is 67.7 Å². The Morgan fingerprint density at radius 3 is 1.97 bits per heavy atom. The topological polar surface area (TPSA) is 472 Å². The molecular weight excluding hydrogens is 1240 g/mol. The fraction of sp³-hybridized carbons (Fsp3) is 0.424. The molecule has 10 atom stereocenters. The first-order chi connectivity index (χ1) is 45.7. The van der Waals surface area contributed by atoms with Crippen molar-refractivity contribution in [2.75, 3.05) is 26.2 Å². The van der Waals surface area contributed by atoms with E-state index >= 15 is 14.4 Å². The minimum atomic E-state index is -2.67. The maximum absolute atomic E-state index is 15.1. The van der Waals surface area contributed by atoms with Crippen molar-refractivity contribution in [2.45, 2.75) is 146 Å². The number of aromatic nitrogens is 1. The minimum absolute atomic E-state index is 0.0297. The Morgan fingerprint density at radius 2 is 1.34 bits per heavy atom. The molecule has 30 nitrogen and oxygen atoms in total. The van der Waals surface area contributed by atoms with Crippen LogP contribution in [-0.2, 0) is 76.8 Å². The quantitative estimate of drug-likeness (QED) is 0.0223. The highest BCUT2D eigenvalue weighted by Crippen LogP contribution is 2.22. The van der Waals surface area contributed by atoms with Gasteiger partial charge in [0, 0.05) is 58.2 Å². The van der Waals surface area contributed by atoms with Crippen LogP contribution < -0.4 is 70.4 Å². The molecule has 0 radical (unpaired) electrons. The van der Waals surface area contributed by atoms with Gasteiger partial charge in [-0.05, 0) is 89.2 Å². The van der Waals surface area contributed by atoms with Crippen molar-refractivity contribution >= 4 is 98.5 Å². The van der Waals surface area contributed by atoms with Gasteiger partial charge in [-0.1, -0.05) is 105 Å². The number of aliphatic carboxylic acids is 1. The number of aliphatic hydroxyl groups excluding tert-OH is 1. The maximum atomic E-state index is 15.1. The number of amides is 11. The van der Waals surface area contributed by atoms with E-state index in [9.17, 15) is 53.4 Å².